The molecule has 0 fully saturated rings. The molecule has 0 aromatic carbocycles. The molecule has 0 spiro atoms. The van der Waals surface area contributed by atoms with Crippen molar-refractivity contribution in [1.82, 2.24) is 9.97 Å². The highest BCUT2D eigenvalue weighted by Gasteiger charge is 2.04. The van der Waals surface area contributed by atoms with Crippen molar-refractivity contribution in [1.29, 1.82) is 0 Å². The zero-order chi connectivity index (χ0) is 9.68. The van der Waals surface area contributed by atoms with Gasteiger partial charge >= 0.3 is 0 Å². The van der Waals surface area contributed by atoms with Gasteiger partial charge in [0.05, 0.1) is 7.11 Å². The maximum atomic E-state index is 10.2. The van der Waals surface area contributed by atoms with Gasteiger partial charge in [-0.2, -0.15) is 4.98 Å². The van der Waals surface area contributed by atoms with E-state index in [1.54, 1.807) is 20.2 Å². The predicted octanol–water partition coefficient (Wildman–Crippen LogP) is 0.925. The van der Waals surface area contributed by atoms with Crippen LogP contribution < -0.4 is 4.74 Å². The minimum Gasteiger partial charge on any atom is -0.481 e. The van der Waals surface area contributed by atoms with Gasteiger partial charge < -0.3 is 9.53 Å². The highest BCUT2D eigenvalue weighted by Crippen LogP contribution is 2.14. The summed E-state index contributed by atoms with van der Waals surface area (Å²) in [6.45, 7) is 1.80. The average molecular weight is 180 g/mol. The molecule has 0 unspecified atom stereocenters. The van der Waals surface area contributed by atoms with Gasteiger partial charge in [0, 0.05) is 18.2 Å². The summed E-state index contributed by atoms with van der Waals surface area (Å²) in [5.74, 6) is 1.24. The number of nitrogens with zero attached hydrogens (tertiary/aromatic N) is 2. The lowest BCUT2D eigenvalue weighted by Crippen LogP contribution is -1.99. The van der Waals surface area contributed by atoms with E-state index in [1.807, 2.05) is 0 Å². The number of methoxy groups -OCH3 is 1. The van der Waals surface area contributed by atoms with E-state index in [0.717, 1.165) is 11.8 Å². The van der Waals surface area contributed by atoms with Crippen LogP contribution in [0.15, 0.2) is 6.20 Å². The Bertz CT molecular complexity index is 300. The summed E-state index contributed by atoms with van der Waals surface area (Å²) in [7, 11) is 1.56. The van der Waals surface area contributed by atoms with Crippen molar-refractivity contribution < 1.29 is 9.53 Å². The quantitative estimate of drug-likeness (QED) is 0.647. The Morgan fingerprint density at radius 3 is 3.00 bits per heavy atom. The van der Waals surface area contributed by atoms with E-state index in [-0.39, 0.29) is 0 Å². The number of ether oxygens (including phenoxy) is 1. The fraction of sp³-hybridized carbons (Fsp3) is 0.444. The van der Waals surface area contributed by atoms with E-state index in [4.69, 9.17) is 4.74 Å². The summed E-state index contributed by atoms with van der Waals surface area (Å²) >= 11 is 0. The summed E-state index contributed by atoms with van der Waals surface area (Å²) in [4.78, 5) is 18.3. The zero-order valence-corrected chi connectivity index (χ0v) is 7.78. The number of aldehydes is 1. The first-order valence-electron chi connectivity index (χ1n) is 4.08. The van der Waals surface area contributed by atoms with Crippen molar-refractivity contribution in [2.45, 2.75) is 19.8 Å². The number of hydrogen-bond acceptors (Lipinski definition) is 4. The molecule has 0 atom stereocenters. The first-order chi connectivity index (χ1) is 6.27. The first-order valence-corrected chi connectivity index (χ1v) is 4.08. The Morgan fingerprint density at radius 1 is 1.62 bits per heavy atom. The summed E-state index contributed by atoms with van der Waals surface area (Å²) < 4.78 is 5.06. The van der Waals surface area contributed by atoms with Gasteiger partial charge in [0.2, 0.25) is 5.88 Å². The number of rotatable bonds is 4. The van der Waals surface area contributed by atoms with Crippen molar-refractivity contribution >= 4 is 6.29 Å². The molecule has 0 aliphatic heterocycles. The zero-order valence-electron chi connectivity index (χ0n) is 7.78. The summed E-state index contributed by atoms with van der Waals surface area (Å²) in [6, 6.07) is 0. The third-order valence-electron chi connectivity index (χ3n) is 1.67. The van der Waals surface area contributed by atoms with E-state index in [0.29, 0.717) is 24.5 Å². The minimum atomic E-state index is 0.475. The highest BCUT2D eigenvalue weighted by molar-refractivity contribution is 5.50. The summed E-state index contributed by atoms with van der Waals surface area (Å²) in [5, 5.41) is 0. The molecule has 1 heterocycles. The lowest BCUT2D eigenvalue weighted by Gasteiger charge is -2.05. The van der Waals surface area contributed by atoms with Crippen molar-refractivity contribution in [3.05, 3.63) is 17.6 Å². The Balaban J connectivity index is 2.85. The molecule has 0 amide bonds. The van der Waals surface area contributed by atoms with Crippen LogP contribution in [0.2, 0.25) is 0 Å². The summed E-state index contributed by atoms with van der Waals surface area (Å²) in [6.07, 6.45) is 3.68. The van der Waals surface area contributed by atoms with Crippen LogP contribution in [0.4, 0.5) is 0 Å². The van der Waals surface area contributed by atoms with E-state index in [9.17, 15) is 4.79 Å². The number of carbonyl (C=O) groups excluding carboxylic acids is 1. The van der Waals surface area contributed by atoms with Crippen LogP contribution in [0, 0.1) is 6.92 Å². The van der Waals surface area contributed by atoms with E-state index >= 15 is 0 Å². The summed E-state index contributed by atoms with van der Waals surface area (Å²) in [5.41, 5.74) is 0.875. The van der Waals surface area contributed by atoms with Crippen molar-refractivity contribution in [2.75, 3.05) is 7.11 Å². The molecule has 0 saturated heterocycles. The smallest absolute Gasteiger partial charge is 0.219 e. The second-order valence-electron chi connectivity index (χ2n) is 2.66. The lowest BCUT2D eigenvalue weighted by atomic mass is 10.2. The van der Waals surface area contributed by atoms with Crippen molar-refractivity contribution in [3.63, 3.8) is 0 Å². The maximum absolute atomic E-state index is 10.2. The third-order valence-corrected chi connectivity index (χ3v) is 1.67. The largest absolute Gasteiger partial charge is 0.481 e. The molecule has 1 rings (SSSR count). The fourth-order valence-corrected chi connectivity index (χ4v) is 1.04. The molecule has 0 N–H and O–H groups in total. The van der Waals surface area contributed by atoms with Crippen molar-refractivity contribution in [3.8, 4) is 5.88 Å². The standard InChI is InChI=1S/C9H12N2O2/c1-7-10-6-8(4-3-5-12)9(11-7)13-2/h5-6H,3-4H2,1-2H3. The molecule has 70 valence electrons. The van der Waals surface area contributed by atoms with Crippen LogP contribution in [0.25, 0.3) is 0 Å². The van der Waals surface area contributed by atoms with Crippen LogP contribution in [-0.4, -0.2) is 23.4 Å². The molecule has 0 aliphatic rings. The van der Waals surface area contributed by atoms with Crippen LogP contribution in [0.3, 0.4) is 0 Å². The van der Waals surface area contributed by atoms with E-state index in [1.165, 1.54) is 0 Å². The normalized spacial score (nSPS) is 9.69. The van der Waals surface area contributed by atoms with Crippen molar-refractivity contribution in [2.24, 2.45) is 0 Å². The van der Waals surface area contributed by atoms with Gasteiger partial charge in [-0.3, -0.25) is 0 Å². The molecular formula is C9H12N2O2. The van der Waals surface area contributed by atoms with Gasteiger partial charge in [-0.1, -0.05) is 0 Å². The van der Waals surface area contributed by atoms with Gasteiger partial charge in [0.1, 0.15) is 12.1 Å². The molecular weight excluding hydrogens is 168 g/mol. The number of hydrogen-bond donors (Lipinski definition) is 0. The Morgan fingerprint density at radius 2 is 2.38 bits per heavy atom. The second-order valence-corrected chi connectivity index (χ2v) is 2.66. The average Bonchev–Trinajstić information content (AvgIpc) is 2.16. The van der Waals surface area contributed by atoms with Gasteiger partial charge in [-0.25, -0.2) is 4.98 Å². The molecule has 0 aliphatic carbocycles. The van der Waals surface area contributed by atoms with Crippen LogP contribution >= 0.6 is 0 Å². The molecule has 13 heavy (non-hydrogen) atoms. The number of carbonyl (C=O) groups is 1. The van der Waals surface area contributed by atoms with Gasteiger partial charge in [-0.05, 0) is 13.3 Å². The molecule has 4 heteroatoms. The van der Waals surface area contributed by atoms with Crippen LogP contribution in [0.5, 0.6) is 5.88 Å². The van der Waals surface area contributed by atoms with Gasteiger partial charge in [0.25, 0.3) is 0 Å². The molecule has 0 saturated carbocycles. The minimum absolute atomic E-state index is 0.475. The Labute approximate surface area is 77.0 Å². The van der Waals surface area contributed by atoms with E-state index in [2.05, 4.69) is 9.97 Å². The highest BCUT2D eigenvalue weighted by atomic mass is 16.5. The van der Waals surface area contributed by atoms with Crippen LogP contribution in [0.1, 0.15) is 17.8 Å². The topological polar surface area (TPSA) is 52.1 Å². The van der Waals surface area contributed by atoms with Crippen LogP contribution in [-0.2, 0) is 11.2 Å². The molecule has 1 aromatic rings. The van der Waals surface area contributed by atoms with E-state index < -0.39 is 0 Å². The molecule has 0 bridgehead atoms. The monoisotopic (exact) mass is 180 g/mol. The Hall–Kier alpha value is -1.45. The lowest BCUT2D eigenvalue weighted by molar-refractivity contribution is -0.107. The molecule has 4 nitrogen and oxygen atoms in total. The number of aromatic nitrogens is 2. The predicted molar refractivity (Wildman–Crippen MR) is 47.7 cm³/mol. The first kappa shape index (κ1) is 9.64. The molecule has 0 radical (unpaired) electrons. The SMILES string of the molecule is COc1nc(C)ncc1CCC=O. The van der Waals surface area contributed by atoms with Gasteiger partial charge in [-0.15, -0.1) is 0 Å². The molecule has 1 aromatic heterocycles. The third kappa shape index (κ3) is 2.50. The number of aryl methyl sites for hydroxylation is 2. The second kappa shape index (κ2) is 4.54. The maximum Gasteiger partial charge on any atom is 0.219 e. The van der Waals surface area contributed by atoms with Gasteiger partial charge in [0.15, 0.2) is 0 Å². The fourth-order valence-electron chi connectivity index (χ4n) is 1.04. The Kier molecular flexibility index (Phi) is 3.37.